The average Bonchev–Trinajstić information content (AvgIpc) is 1.95. The predicted molar refractivity (Wildman–Crippen MR) is 38.6 cm³/mol. The van der Waals surface area contributed by atoms with Gasteiger partial charge >= 0.3 is 0 Å². The Morgan fingerprint density at radius 2 is 2.20 bits per heavy atom. The van der Waals surface area contributed by atoms with Gasteiger partial charge in [-0.25, -0.2) is 0 Å². The van der Waals surface area contributed by atoms with Crippen LogP contribution in [0.2, 0.25) is 0 Å². The van der Waals surface area contributed by atoms with Crippen LogP contribution in [0, 0.1) is 0 Å². The van der Waals surface area contributed by atoms with Gasteiger partial charge in [-0.1, -0.05) is 0 Å². The second-order valence-electron chi connectivity index (χ2n) is 2.75. The van der Waals surface area contributed by atoms with Crippen molar-refractivity contribution >= 4 is 0 Å². The van der Waals surface area contributed by atoms with E-state index in [1.165, 1.54) is 0 Å². The lowest BCUT2D eigenvalue weighted by atomic mass is 10.0. The molecule has 0 saturated carbocycles. The normalized spacial score (nSPS) is 41.7. The molecule has 0 radical (unpaired) electrons. The monoisotopic (exact) mass is 145 g/mol. The van der Waals surface area contributed by atoms with E-state index in [0.717, 1.165) is 12.8 Å². The number of rotatable bonds is 1. The van der Waals surface area contributed by atoms with Crippen LogP contribution in [0.25, 0.3) is 0 Å². The van der Waals surface area contributed by atoms with Crippen LogP contribution in [0.5, 0.6) is 0 Å². The van der Waals surface area contributed by atoms with Gasteiger partial charge in [0.15, 0.2) is 6.29 Å². The third-order valence-electron chi connectivity index (χ3n) is 1.97. The zero-order valence-electron chi connectivity index (χ0n) is 6.54. The number of hydrogen-bond acceptors (Lipinski definition) is 3. The lowest BCUT2D eigenvalue weighted by Crippen LogP contribution is -2.42. The summed E-state index contributed by atoms with van der Waals surface area (Å²) in [6, 6.07) is 0.186. The molecular formula is C7H15NO2. The van der Waals surface area contributed by atoms with Crippen molar-refractivity contribution in [1.29, 1.82) is 0 Å². The third-order valence-corrected chi connectivity index (χ3v) is 1.97. The largest absolute Gasteiger partial charge is 0.356 e. The van der Waals surface area contributed by atoms with Gasteiger partial charge in [0, 0.05) is 13.2 Å². The quantitative estimate of drug-likeness (QED) is 0.584. The number of methoxy groups -OCH3 is 1. The zero-order valence-corrected chi connectivity index (χ0v) is 6.54. The van der Waals surface area contributed by atoms with Crippen molar-refractivity contribution < 1.29 is 9.47 Å². The van der Waals surface area contributed by atoms with E-state index in [1.807, 2.05) is 6.92 Å². The van der Waals surface area contributed by atoms with Crippen LogP contribution in [0.15, 0.2) is 0 Å². The molecule has 1 fully saturated rings. The Morgan fingerprint density at radius 3 is 2.70 bits per heavy atom. The number of hydrogen-bond donors (Lipinski definition) is 1. The highest BCUT2D eigenvalue weighted by atomic mass is 16.7. The highest BCUT2D eigenvalue weighted by Crippen LogP contribution is 2.17. The topological polar surface area (TPSA) is 44.5 Å². The molecule has 60 valence electrons. The van der Waals surface area contributed by atoms with Crippen LogP contribution in [-0.2, 0) is 9.47 Å². The van der Waals surface area contributed by atoms with Crippen molar-refractivity contribution in [2.45, 2.75) is 38.2 Å². The second kappa shape index (κ2) is 3.32. The second-order valence-corrected chi connectivity index (χ2v) is 2.75. The Hall–Kier alpha value is -0.120. The first-order valence-corrected chi connectivity index (χ1v) is 3.68. The molecule has 0 aromatic rings. The van der Waals surface area contributed by atoms with Gasteiger partial charge in [0.2, 0.25) is 0 Å². The van der Waals surface area contributed by atoms with Gasteiger partial charge in [0.05, 0.1) is 6.10 Å². The molecule has 1 unspecified atom stereocenters. The molecule has 0 aromatic carbocycles. The van der Waals surface area contributed by atoms with Gasteiger partial charge in [-0.05, 0) is 19.8 Å². The maximum atomic E-state index is 5.71. The van der Waals surface area contributed by atoms with Gasteiger partial charge in [-0.2, -0.15) is 0 Å². The zero-order chi connectivity index (χ0) is 7.56. The molecule has 1 saturated heterocycles. The fraction of sp³-hybridized carbons (Fsp3) is 1.00. The molecule has 0 bridgehead atoms. The molecule has 1 heterocycles. The number of nitrogens with two attached hydrogens (primary N) is 1. The van der Waals surface area contributed by atoms with Crippen LogP contribution in [-0.4, -0.2) is 25.5 Å². The van der Waals surface area contributed by atoms with E-state index in [1.54, 1.807) is 7.11 Å². The molecule has 3 nitrogen and oxygen atoms in total. The van der Waals surface area contributed by atoms with Crippen LogP contribution in [0.3, 0.4) is 0 Å². The molecule has 1 aliphatic heterocycles. The summed E-state index contributed by atoms with van der Waals surface area (Å²) in [6.45, 7) is 1.98. The van der Waals surface area contributed by atoms with Gasteiger partial charge in [0.1, 0.15) is 0 Å². The van der Waals surface area contributed by atoms with Crippen molar-refractivity contribution in [3.8, 4) is 0 Å². The maximum Gasteiger partial charge on any atom is 0.157 e. The Labute approximate surface area is 61.5 Å². The summed E-state index contributed by atoms with van der Waals surface area (Å²) in [5, 5.41) is 0. The number of ether oxygens (including phenoxy) is 2. The van der Waals surface area contributed by atoms with Crippen LogP contribution in [0.1, 0.15) is 19.8 Å². The molecule has 0 aliphatic carbocycles. The highest BCUT2D eigenvalue weighted by molar-refractivity contribution is 4.74. The van der Waals surface area contributed by atoms with E-state index in [9.17, 15) is 0 Å². The summed E-state index contributed by atoms with van der Waals surface area (Å²) in [5.74, 6) is 0. The first-order valence-electron chi connectivity index (χ1n) is 3.68. The van der Waals surface area contributed by atoms with Crippen LogP contribution >= 0.6 is 0 Å². The Bertz CT molecular complexity index is 108. The van der Waals surface area contributed by atoms with Crippen molar-refractivity contribution in [2.24, 2.45) is 5.73 Å². The summed E-state index contributed by atoms with van der Waals surface area (Å²) in [5.41, 5.74) is 5.71. The smallest absolute Gasteiger partial charge is 0.157 e. The molecule has 3 heteroatoms. The lowest BCUT2D eigenvalue weighted by molar-refractivity contribution is -0.180. The average molecular weight is 145 g/mol. The minimum absolute atomic E-state index is 0.0326. The van der Waals surface area contributed by atoms with Crippen LogP contribution in [0.4, 0.5) is 0 Å². The van der Waals surface area contributed by atoms with Crippen molar-refractivity contribution in [3.63, 3.8) is 0 Å². The van der Waals surface area contributed by atoms with Crippen LogP contribution < -0.4 is 5.73 Å². The Balaban J connectivity index is 2.33. The first-order chi connectivity index (χ1) is 4.74. The molecule has 1 aliphatic rings. The molecule has 0 amide bonds. The molecule has 2 N–H and O–H groups in total. The van der Waals surface area contributed by atoms with E-state index in [4.69, 9.17) is 15.2 Å². The molecular weight excluding hydrogens is 130 g/mol. The van der Waals surface area contributed by atoms with E-state index >= 15 is 0 Å². The van der Waals surface area contributed by atoms with Gasteiger partial charge < -0.3 is 15.2 Å². The fourth-order valence-electron chi connectivity index (χ4n) is 1.15. The van der Waals surface area contributed by atoms with Crippen molar-refractivity contribution in [3.05, 3.63) is 0 Å². The van der Waals surface area contributed by atoms with Gasteiger partial charge in [0.25, 0.3) is 0 Å². The van der Waals surface area contributed by atoms with Gasteiger partial charge in [-0.3, -0.25) is 0 Å². The van der Waals surface area contributed by atoms with E-state index in [0.29, 0.717) is 0 Å². The minimum Gasteiger partial charge on any atom is -0.356 e. The van der Waals surface area contributed by atoms with E-state index in [-0.39, 0.29) is 18.4 Å². The molecule has 10 heavy (non-hydrogen) atoms. The summed E-state index contributed by atoms with van der Waals surface area (Å²) >= 11 is 0. The third kappa shape index (κ3) is 1.68. The highest BCUT2D eigenvalue weighted by Gasteiger charge is 2.24. The summed E-state index contributed by atoms with van der Waals surface area (Å²) in [7, 11) is 1.66. The van der Waals surface area contributed by atoms with Crippen molar-refractivity contribution in [2.75, 3.05) is 7.11 Å². The Kier molecular flexibility index (Phi) is 2.65. The van der Waals surface area contributed by atoms with Gasteiger partial charge in [-0.15, -0.1) is 0 Å². The summed E-state index contributed by atoms with van der Waals surface area (Å²) in [6.07, 6.45) is 2.02. The minimum atomic E-state index is -0.0326. The van der Waals surface area contributed by atoms with E-state index in [2.05, 4.69) is 0 Å². The van der Waals surface area contributed by atoms with Crippen molar-refractivity contribution in [1.82, 2.24) is 0 Å². The fourth-order valence-corrected chi connectivity index (χ4v) is 1.15. The summed E-state index contributed by atoms with van der Waals surface area (Å²) < 4.78 is 10.4. The maximum absolute atomic E-state index is 5.71. The Morgan fingerprint density at radius 1 is 1.50 bits per heavy atom. The SMILES string of the molecule is COC1CC[C@@H](N)[C@H](C)O1. The molecule has 0 spiro atoms. The molecule has 3 atom stereocenters. The standard InChI is InChI=1S/C7H15NO2/c1-5-6(8)3-4-7(9-2)10-5/h5-7H,3-4,8H2,1-2H3/t5-,6+,7?/m0/s1. The molecule has 1 rings (SSSR count). The first kappa shape index (κ1) is 7.98. The summed E-state index contributed by atoms with van der Waals surface area (Å²) in [4.78, 5) is 0. The predicted octanol–water partition coefficient (Wildman–Crippen LogP) is 0.485. The van der Waals surface area contributed by atoms with E-state index < -0.39 is 0 Å². The lowest BCUT2D eigenvalue weighted by Gasteiger charge is -2.31. The molecule has 0 aromatic heterocycles.